The molecule has 0 fully saturated rings. The van der Waals surface area contributed by atoms with Crippen molar-refractivity contribution < 1.29 is 19.0 Å². The number of rotatable bonds is 14. The second kappa shape index (κ2) is 12.9. The molecule has 0 aliphatic heterocycles. The van der Waals surface area contributed by atoms with Crippen LogP contribution in [0.3, 0.4) is 0 Å². The van der Waals surface area contributed by atoms with Crippen molar-refractivity contribution in [3.05, 3.63) is 67.8 Å². The molecule has 0 unspecified atom stereocenters. The molecule has 0 amide bonds. The van der Waals surface area contributed by atoms with E-state index in [1.54, 1.807) is 12.2 Å². The maximum Gasteiger partial charge on any atom is 0.185 e. The van der Waals surface area contributed by atoms with Gasteiger partial charge in [0, 0.05) is 50.3 Å². The molecule has 0 saturated heterocycles. The largest absolute Gasteiger partial charge is 0.461 e. The van der Waals surface area contributed by atoms with Crippen molar-refractivity contribution in [3.8, 4) is 0 Å². The van der Waals surface area contributed by atoms with Gasteiger partial charge in [-0.05, 0) is 48.7 Å². The van der Waals surface area contributed by atoms with E-state index >= 15 is 0 Å². The van der Waals surface area contributed by atoms with Gasteiger partial charge in [-0.1, -0.05) is 40.5 Å². The first-order valence-electron chi connectivity index (χ1n) is 12.2. The lowest BCUT2D eigenvalue weighted by Gasteiger charge is -2.20. The third-order valence-corrected chi connectivity index (χ3v) is 5.99. The molecule has 0 aliphatic rings. The van der Waals surface area contributed by atoms with Crippen LogP contribution in [0.5, 0.6) is 0 Å². The SMILES string of the molecule is CC(C)(CO)CCCCc1cc(=O)cc(C=Cc2cc(=O)cc(CCCCC(C)(C)CO)o2)o1. The molecular weight excluding hydrogens is 432 g/mol. The summed E-state index contributed by atoms with van der Waals surface area (Å²) in [6, 6.07) is 5.85. The quantitative estimate of drug-likeness (QED) is 0.365. The molecule has 2 heterocycles. The minimum atomic E-state index is -0.127. The molecule has 0 spiro atoms. The summed E-state index contributed by atoms with van der Waals surface area (Å²) in [4.78, 5) is 24.2. The van der Waals surface area contributed by atoms with Crippen LogP contribution < -0.4 is 10.9 Å². The molecule has 2 rings (SSSR count). The zero-order valence-electron chi connectivity index (χ0n) is 21.1. The molecule has 2 aromatic rings. The summed E-state index contributed by atoms with van der Waals surface area (Å²) in [5.74, 6) is 2.07. The molecule has 6 heteroatoms. The number of aliphatic hydroxyl groups excluding tert-OH is 2. The van der Waals surface area contributed by atoms with Crippen molar-refractivity contribution in [1.29, 1.82) is 0 Å². The highest BCUT2D eigenvalue weighted by Gasteiger charge is 2.16. The van der Waals surface area contributed by atoms with Gasteiger partial charge in [0.25, 0.3) is 0 Å². The van der Waals surface area contributed by atoms with Gasteiger partial charge in [0.2, 0.25) is 0 Å². The summed E-state index contributed by atoms with van der Waals surface area (Å²) >= 11 is 0. The Morgan fingerprint density at radius 1 is 0.676 bits per heavy atom. The second-order valence-corrected chi connectivity index (χ2v) is 10.7. The van der Waals surface area contributed by atoms with Gasteiger partial charge in [-0.3, -0.25) is 9.59 Å². The normalized spacial score (nSPS) is 12.5. The Balaban J connectivity index is 1.99. The monoisotopic (exact) mass is 472 g/mol. The Bertz CT molecular complexity index is 958. The van der Waals surface area contributed by atoms with E-state index in [4.69, 9.17) is 8.83 Å². The summed E-state index contributed by atoms with van der Waals surface area (Å²) in [6.07, 6.45) is 10.0. The van der Waals surface area contributed by atoms with Crippen LogP contribution in [-0.2, 0) is 12.8 Å². The fraction of sp³-hybridized carbons (Fsp3) is 0.571. The lowest BCUT2D eigenvalue weighted by atomic mass is 9.88. The van der Waals surface area contributed by atoms with Crippen molar-refractivity contribution in [2.24, 2.45) is 10.8 Å². The van der Waals surface area contributed by atoms with Crippen molar-refractivity contribution in [2.45, 2.75) is 79.1 Å². The van der Waals surface area contributed by atoms with Crippen LogP contribution in [0.2, 0.25) is 0 Å². The predicted molar refractivity (Wildman–Crippen MR) is 136 cm³/mol. The molecule has 0 bridgehead atoms. The van der Waals surface area contributed by atoms with Crippen LogP contribution >= 0.6 is 0 Å². The Hall–Kier alpha value is -2.44. The number of unbranched alkanes of at least 4 members (excludes halogenated alkanes) is 2. The van der Waals surface area contributed by atoms with E-state index in [0.717, 1.165) is 38.5 Å². The van der Waals surface area contributed by atoms with E-state index in [9.17, 15) is 19.8 Å². The van der Waals surface area contributed by atoms with E-state index in [-0.39, 0.29) is 34.9 Å². The predicted octanol–water partition coefficient (Wildman–Crippen LogP) is 5.23. The summed E-state index contributed by atoms with van der Waals surface area (Å²) in [7, 11) is 0. The van der Waals surface area contributed by atoms with Gasteiger partial charge in [0.1, 0.15) is 23.0 Å². The molecule has 2 aromatic heterocycles. The van der Waals surface area contributed by atoms with E-state index < -0.39 is 0 Å². The molecule has 0 radical (unpaired) electrons. The molecule has 188 valence electrons. The highest BCUT2D eigenvalue weighted by Crippen LogP contribution is 2.24. The third kappa shape index (κ3) is 10.2. The Morgan fingerprint density at radius 2 is 1.06 bits per heavy atom. The standard InChI is InChI=1S/C28H40O6/c1-27(2,19-29)13-7-5-9-23-15-21(31)17-25(33-23)11-12-26-18-22(32)16-24(34-26)10-6-8-14-28(3,4)20-30/h11-12,15-18,29-30H,5-10,13-14,19-20H2,1-4H3. The van der Waals surface area contributed by atoms with Crippen LogP contribution in [0.15, 0.2) is 42.7 Å². The zero-order valence-corrected chi connectivity index (χ0v) is 21.1. The van der Waals surface area contributed by atoms with Crippen LogP contribution in [0.25, 0.3) is 12.2 Å². The molecule has 2 N–H and O–H groups in total. The zero-order chi connectivity index (χ0) is 25.2. The van der Waals surface area contributed by atoms with Gasteiger partial charge < -0.3 is 19.0 Å². The van der Waals surface area contributed by atoms with Crippen LogP contribution in [0.1, 0.15) is 89.3 Å². The highest BCUT2D eigenvalue weighted by molar-refractivity contribution is 5.64. The highest BCUT2D eigenvalue weighted by atomic mass is 16.3. The average Bonchev–Trinajstić information content (AvgIpc) is 2.78. The topological polar surface area (TPSA) is 101 Å². The van der Waals surface area contributed by atoms with Crippen molar-refractivity contribution in [2.75, 3.05) is 13.2 Å². The van der Waals surface area contributed by atoms with Crippen LogP contribution in [-0.4, -0.2) is 23.4 Å². The van der Waals surface area contributed by atoms with E-state index in [1.807, 2.05) is 27.7 Å². The fourth-order valence-corrected chi connectivity index (χ4v) is 3.64. The smallest absolute Gasteiger partial charge is 0.185 e. The maximum atomic E-state index is 12.1. The minimum Gasteiger partial charge on any atom is -0.461 e. The number of aliphatic hydroxyl groups is 2. The Kier molecular flexibility index (Phi) is 10.5. The van der Waals surface area contributed by atoms with Crippen LogP contribution in [0.4, 0.5) is 0 Å². The lowest BCUT2D eigenvalue weighted by Crippen LogP contribution is -2.16. The number of hydrogen-bond donors (Lipinski definition) is 2. The molecular formula is C28H40O6. The van der Waals surface area contributed by atoms with Crippen LogP contribution in [0, 0.1) is 10.8 Å². The molecule has 6 nitrogen and oxygen atoms in total. The summed E-state index contributed by atoms with van der Waals surface area (Å²) in [5.41, 5.74) is -0.449. The third-order valence-electron chi connectivity index (χ3n) is 5.99. The molecule has 0 atom stereocenters. The molecule has 34 heavy (non-hydrogen) atoms. The van der Waals surface area contributed by atoms with E-state index in [1.165, 1.54) is 24.3 Å². The maximum absolute atomic E-state index is 12.1. The van der Waals surface area contributed by atoms with Crippen molar-refractivity contribution in [3.63, 3.8) is 0 Å². The summed E-state index contributed by atoms with van der Waals surface area (Å²) < 4.78 is 11.7. The summed E-state index contributed by atoms with van der Waals surface area (Å²) in [5, 5.41) is 18.7. The number of hydrogen-bond acceptors (Lipinski definition) is 6. The number of aryl methyl sites for hydroxylation is 2. The van der Waals surface area contributed by atoms with Crippen molar-refractivity contribution in [1.82, 2.24) is 0 Å². The molecule has 0 aromatic carbocycles. The first-order valence-corrected chi connectivity index (χ1v) is 12.2. The molecule has 0 saturated carbocycles. The Labute approximate surface area is 202 Å². The average molecular weight is 473 g/mol. The van der Waals surface area contributed by atoms with Crippen molar-refractivity contribution >= 4 is 12.2 Å². The first kappa shape index (κ1) is 27.8. The Morgan fingerprint density at radius 3 is 1.41 bits per heavy atom. The fourth-order valence-electron chi connectivity index (χ4n) is 3.64. The van der Waals surface area contributed by atoms with Gasteiger partial charge in [-0.25, -0.2) is 0 Å². The second-order valence-electron chi connectivity index (χ2n) is 10.7. The first-order chi connectivity index (χ1) is 16.0. The summed E-state index contributed by atoms with van der Waals surface area (Å²) in [6.45, 7) is 8.44. The van der Waals surface area contributed by atoms with Gasteiger partial charge in [-0.15, -0.1) is 0 Å². The lowest BCUT2D eigenvalue weighted by molar-refractivity contribution is 0.147. The van der Waals surface area contributed by atoms with Gasteiger partial charge in [0.15, 0.2) is 10.9 Å². The van der Waals surface area contributed by atoms with E-state index in [2.05, 4.69) is 0 Å². The molecule has 0 aliphatic carbocycles. The van der Waals surface area contributed by atoms with Gasteiger partial charge >= 0.3 is 0 Å². The van der Waals surface area contributed by atoms with Gasteiger partial charge in [-0.2, -0.15) is 0 Å². The van der Waals surface area contributed by atoms with Gasteiger partial charge in [0.05, 0.1) is 0 Å². The minimum absolute atomic E-state index is 0.0973. The van der Waals surface area contributed by atoms with E-state index in [0.29, 0.717) is 35.9 Å².